The van der Waals surface area contributed by atoms with Crippen LogP contribution < -0.4 is 4.90 Å². The van der Waals surface area contributed by atoms with Crippen molar-refractivity contribution in [1.82, 2.24) is 0 Å². The van der Waals surface area contributed by atoms with Crippen LogP contribution in [-0.4, -0.2) is 11.7 Å². The topological polar surface area (TPSA) is 32.7 Å². The molecule has 0 saturated heterocycles. The maximum atomic E-state index is 13.2. The summed E-state index contributed by atoms with van der Waals surface area (Å²) in [6, 6.07) is 19.3. The molecule has 3 aromatic carbocycles. The van der Waals surface area contributed by atoms with Gasteiger partial charge in [0.25, 0.3) is 5.91 Å². The second-order valence-corrected chi connectivity index (χ2v) is 7.39. The van der Waals surface area contributed by atoms with Gasteiger partial charge in [-0.25, -0.2) is 0 Å². The van der Waals surface area contributed by atoms with Gasteiger partial charge < -0.3 is 4.90 Å². The standard InChI is InChI=1S/C24H16ClF3N2O/c25-19-11-8-16(9-12-19)10-13-22(31)29-23-21-7-2-1-4-17(21)15-30(23)20-6-3-5-18(14-20)24(26,27)28/h1-14H,15H2/b13-10+,29-23?. The van der Waals surface area contributed by atoms with Crippen molar-refractivity contribution in [2.75, 3.05) is 4.90 Å². The van der Waals surface area contributed by atoms with Crippen LogP contribution in [0.15, 0.2) is 83.9 Å². The van der Waals surface area contributed by atoms with Crippen LogP contribution in [0.2, 0.25) is 5.02 Å². The molecule has 31 heavy (non-hydrogen) atoms. The van der Waals surface area contributed by atoms with E-state index >= 15 is 0 Å². The number of nitrogens with zero attached hydrogens (tertiary/aromatic N) is 2. The zero-order chi connectivity index (χ0) is 22.0. The van der Waals surface area contributed by atoms with Crippen molar-refractivity contribution in [3.8, 4) is 0 Å². The normalized spacial score (nSPS) is 15.0. The Morgan fingerprint density at radius 2 is 1.74 bits per heavy atom. The van der Waals surface area contributed by atoms with E-state index in [0.717, 1.165) is 23.3 Å². The first-order valence-electron chi connectivity index (χ1n) is 9.41. The van der Waals surface area contributed by atoms with Crippen LogP contribution in [0, 0.1) is 0 Å². The van der Waals surface area contributed by atoms with E-state index in [1.54, 1.807) is 53.4 Å². The maximum absolute atomic E-state index is 13.2. The van der Waals surface area contributed by atoms with Crippen molar-refractivity contribution in [1.29, 1.82) is 0 Å². The fourth-order valence-electron chi connectivity index (χ4n) is 3.33. The lowest BCUT2D eigenvalue weighted by Gasteiger charge is -2.20. The minimum atomic E-state index is -4.46. The van der Waals surface area contributed by atoms with E-state index in [2.05, 4.69) is 4.99 Å². The number of benzene rings is 3. The first-order chi connectivity index (χ1) is 14.8. The molecule has 0 radical (unpaired) electrons. The molecule has 4 rings (SSSR count). The Hall–Kier alpha value is -3.38. The lowest BCUT2D eigenvalue weighted by molar-refractivity contribution is -0.137. The third-order valence-corrected chi connectivity index (χ3v) is 5.08. The average Bonchev–Trinajstić information content (AvgIpc) is 3.11. The molecule has 0 unspecified atom stereocenters. The molecular weight excluding hydrogens is 425 g/mol. The van der Waals surface area contributed by atoms with Gasteiger partial charge in [-0.2, -0.15) is 18.2 Å². The van der Waals surface area contributed by atoms with Gasteiger partial charge in [0.05, 0.1) is 12.1 Å². The minimum absolute atomic E-state index is 0.319. The molecule has 7 heteroatoms. The number of hydrogen-bond donors (Lipinski definition) is 0. The summed E-state index contributed by atoms with van der Waals surface area (Å²) < 4.78 is 39.6. The van der Waals surface area contributed by atoms with Crippen molar-refractivity contribution < 1.29 is 18.0 Å². The van der Waals surface area contributed by atoms with Crippen LogP contribution in [0.25, 0.3) is 6.08 Å². The Labute approximate surface area is 182 Å². The lowest BCUT2D eigenvalue weighted by Crippen LogP contribution is -2.25. The number of amidine groups is 1. The maximum Gasteiger partial charge on any atom is 0.416 e. The smallest absolute Gasteiger partial charge is 0.321 e. The van der Waals surface area contributed by atoms with E-state index in [1.807, 2.05) is 12.1 Å². The van der Waals surface area contributed by atoms with E-state index < -0.39 is 17.6 Å². The number of anilines is 1. The molecule has 1 aliphatic rings. The highest BCUT2D eigenvalue weighted by molar-refractivity contribution is 6.30. The Balaban J connectivity index is 1.68. The fourth-order valence-corrected chi connectivity index (χ4v) is 3.46. The quantitative estimate of drug-likeness (QED) is 0.443. The number of carbonyl (C=O) groups is 1. The summed E-state index contributed by atoms with van der Waals surface area (Å²) in [6.07, 6.45) is -1.53. The summed E-state index contributed by atoms with van der Waals surface area (Å²) in [5.41, 5.74) is 1.94. The molecule has 0 N–H and O–H groups in total. The van der Waals surface area contributed by atoms with E-state index in [0.29, 0.717) is 28.7 Å². The Morgan fingerprint density at radius 1 is 1.00 bits per heavy atom. The Morgan fingerprint density at radius 3 is 2.48 bits per heavy atom. The number of alkyl halides is 3. The summed E-state index contributed by atoms with van der Waals surface area (Å²) >= 11 is 5.86. The third-order valence-electron chi connectivity index (χ3n) is 4.83. The van der Waals surface area contributed by atoms with Gasteiger partial charge in [0.1, 0.15) is 5.84 Å². The number of halogens is 4. The van der Waals surface area contributed by atoms with Crippen LogP contribution in [0.5, 0.6) is 0 Å². The van der Waals surface area contributed by atoms with E-state index in [9.17, 15) is 18.0 Å². The number of amides is 1. The number of fused-ring (bicyclic) bond motifs is 1. The van der Waals surface area contributed by atoms with Gasteiger partial charge in [-0.3, -0.25) is 4.79 Å². The van der Waals surface area contributed by atoms with Crippen LogP contribution in [0.4, 0.5) is 18.9 Å². The summed E-state index contributed by atoms with van der Waals surface area (Å²) in [7, 11) is 0. The van der Waals surface area contributed by atoms with Crippen molar-refractivity contribution in [2.24, 2.45) is 4.99 Å². The SMILES string of the molecule is O=C(/C=C/c1ccc(Cl)cc1)N=C1c2ccccc2CN1c1cccc(C(F)(F)F)c1. The lowest BCUT2D eigenvalue weighted by atomic mass is 10.1. The molecule has 156 valence electrons. The van der Waals surface area contributed by atoms with E-state index in [1.165, 1.54) is 12.1 Å². The van der Waals surface area contributed by atoms with Gasteiger partial charge in [-0.15, -0.1) is 0 Å². The van der Waals surface area contributed by atoms with Gasteiger partial charge in [0.2, 0.25) is 0 Å². The van der Waals surface area contributed by atoms with Gasteiger partial charge in [-0.1, -0.05) is 54.1 Å². The highest BCUT2D eigenvalue weighted by Gasteiger charge is 2.32. The predicted molar refractivity (Wildman–Crippen MR) is 116 cm³/mol. The van der Waals surface area contributed by atoms with Gasteiger partial charge in [0, 0.05) is 22.3 Å². The average molecular weight is 441 g/mol. The van der Waals surface area contributed by atoms with E-state index in [4.69, 9.17) is 11.6 Å². The third kappa shape index (κ3) is 4.70. The largest absolute Gasteiger partial charge is 0.416 e. The molecule has 0 saturated carbocycles. The van der Waals surface area contributed by atoms with Gasteiger partial charge in [0.15, 0.2) is 0 Å². The molecule has 0 atom stereocenters. The zero-order valence-corrected chi connectivity index (χ0v) is 16.9. The molecule has 0 spiro atoms. The van der Waals surface area contributed by atoms with Gasteiger partial charge in [-0.05, 0) is 47.5 Å². The molecular formula is C24H16ClF3N2O. The summed E-state index contributed by atoms with van der Waals surface area (Å²) in [4.78, 5) is 18.4. The highest BCUT2D eigenvalue weighted by atomic mass is 35.5. The number of carbonyl (C=O) groups excluding carboxylic acids is 1. The molecule has 1 amide bonds. The van der Waals surface area contributed by atoms with Crippen molar-refractivity contribution in [2.45, 2.75) is 12.7 Å². The summed E-state index contributed by atoms with van der Waals surface area (Å²) in [5.74, 6) is -0.195. The van der Waals surface area contributed by atoms with Gasteiger partial charge >= 0.3 is 6.18 Å². The summed E-state index contributed by atoms with van der Waals surface area (Å²) in [5, 5.41) is 0.586. The zero-order valence-electron chi connectivity index (χ0n) is 16.1. The van der Waals surface area contributed by atoms with Crippen LogP contribution in [0.1, 0.15) is 22.3 Å². The first-order valence-corrected chi connectivity index (χ1v) is 9.78. The molecule has 3 aromatic rings. The summed E-state index contributed by atoms with van der Waals surface area (Å²) in [6.45, 7) is 0.324. The molecule has 1 aliphatic heterocycles. The fraction of sp³-hybridized carbons (Fsp3) is 0.0833. The molecule has 0 aliphatic carbocycles. The van der Waals surface area contributed by atoms with Crippen molar-refractivity contribution in [3.63, 3.8) is 0 Å². The van der Waals surface area contributed by atoms with Crippen molar-refractivity contribution >= 4 is 35.1 Å². The van der Waals surface area contributed by atoms with Crippen LogP contribution in [-0.2, 0) is 17.5 Å². The second-order valence-electron chi connectivity index (χ2n) is 6.95. The van der Waals surface area contributed by atoms with Crippen LogP contribution in [0.3, 0.4) is 0 Å². The Bertz CT molecular complexity index is 1180. The first kappa shape index (κ1) is 20.9. The van der Waals surface area contributed by atoms with E-state index in [-0.39, 0.29) is 0 Å². The number of aliphatic imine (C=N–C) groups is 1. The molecule has 0 fully saturated rings. The molecule has 1 heterocycles. The Kier molecular flexibility index (Phi) is 5.65. The number of hydrogen-bond acceptors (Lipinski definition) is 1. The second kappa shape index (κ2) is 8.40. The monoisotopic (exact) mass is 440 g/mol. The van der Waals surface area contributed by atoms with Crippen molar-refractivity contribution in [3.05, 3.63) is 106 Å². The minimum Gasteiger partial charge on any atom is -0.321 e. The highest BCUT2D eigenvalue weighted by Crippen LogP contribution is 2.34. The van der Waals surface area contributed by atoms with Crippen LogP contribution >= 0.6 is 11.6 Å². The molecule has 0 bridgehead atoms. The number of rotatable bonds is 3. The predicted octanol–water partition coefficient (Wildman–Crippen LogP) is 6.37. The molecule has 0 aromatic heterocycles. The molecule has 3 nitrogen and oxygen atoms in total.